The summed E-state index contributed by atoms with van der Waals surface area (Å²) in [5.74, 6) is -0.148. The van der Waals surface area contributed by atoms with Crippen LogP contribution in [-0.4, -0.2) is 87.5 Å². The van der Waals surface area contributed by atoms with E-state index in [0.29, 0.717) is 12.8 Å². The molecule has 9 nitrogen and oxygen atoms in total. The fourth-order valence-electron chi connectivity index (χ4n) is 5.92. The van der Waals surface area contributed by atoms with Gasteiger partial charge in [-0.3, -0.25) is 4.79 Å². The second kappa shape index (κ2) is 27.3. The Kier molecular flexibility index (Phi) is 25.6. The summed E-state index contributed by atoms with van der Waals surface area (Å²) in [5, 5.41) is 53.8. The van der Waals surface area contributed by atoms with Crippen molar-refractivity contribution in [3.05, 3.63) is 0 Å². The Labute approximate surface area is 268 Å². The van der Waals surface area contributed by atoms with E-state index in [-0.39, 0.29) is 12.5 Å². The van der Waals surface area contributed by atoms with E-state index in [1.165, 1.54) is 96.3 Å². The Morgan fingerprint density at radius 1 is 0.682 bits per heavy atom. The molecule has 0 aromatic heterocycles. The summed E-state index contributed by atoms with van der Waals surface area (Å²) >= 11 is 0. The molecule has 0 bridgehead atoms. The molecule has 1 aliphatic heterocycles. The first-order valence-electron chi connectivity index (χ1n) is 18.2. The van der Waals surface area contributed by atoms with E-state index in [1.807, 2.05) is 0 Å². The van der Waals surface area contributed by atoms with Gasteiger partial charge in [-0.2, -0.15) is 0 Å². The molecule has 1 amide bonds. The highest BCUT2D eigenvalue weighted by molar-refractivity contribution is 5.76. The average molecular weight is 632 g/mol. The highest BCUT2D eigenvalue weighted by Gasteiger charge is 2.44. The molecule has 1 saturated heterocycles. The number of rotatable bonds is 29. The monoisotopic (exact) mass is 632 g/mol. The van der Waals surface area contributed by atoms with Crippen molar-refractivity contribution in [1.82, 2.24) is 5.32 Å². The van der Waals surface area contributed by atoms with E-state index in [1.54, 1.807) is 0 Å². The molecule has 6 N–H and O–H groups in total. The molecule has 1 fully saturated rings. The van der Waals surface area contributed by atoms with Gasteiger partial charge in [-0.1, -0.05) is 142 Å². The summed E-state index contributed by atoms with van der Waals surface area (Å²) in [5.41, 5.74) is 0. The van der Waals surface area contributed by atoms with Crippen molar-refractivity contribution in [2.75, 3.05) is 13.2 Å². The Morgan fingerprint density at radius 3 is 1.61 bits per heavy atom. The number of nitrogens with one attached hydrogen (secondary N) is 1. The van der Waals surface area contributed by atoms with Gasteiger partial charge in [0.1, 0.15) is 24.4 Å². The van der Waals surface area contributed by atoms with Gasteiger partial charge in [0.15, 0.2) is 6.29 Å². The standard InChI is InChI=1S/C35H69NO8/c1-3-5-7-9-11-13-14-15-16-17-19-21-23-25-31(39)36-28(29(38)24-22-20-18-12-10-8-6-4-2)27-43-35-34(42)33(41)32(40)30(26-37)44-35/h28-30,32-35,37-38,40-42H,3-27H2,1-2H3,(H,36,39). The zero-order chi connectivity index (χ0) is 32.4. The molecule has 0 radical (unpaired) electrons. The number of aliphatic hydroxyl groups excluding tert-OH is 5. The molecule has 1 heterocycles. The van der Waals surface area contributed by atoms with Crippen LogP contribution >= 0.6 is 0 Å². The number of ether oxygens (including phenoxy) is 2. The topological polar surface area (TPSA) is 149 Å². The molecular formula is C35H69NO8. The predicted molar refractivity (Wildman–Crippen MR) is 175 cm³/mol. The highest BCUT2D eigenvalue weighted by atomic mass is 16.7. The largest absolute Gasteiger partial charge is 0.394 e. The van der Waals surface area contributed by atoms with Crippen LogP contribution in [0.5, 0.6) is 0 Å². The molecule has 1 rings (SSSR count). The first kappa shape index (κ1) is 41.2. The molecule has 44 heavy (non-hydrogen) atoms. The number of hydrogen-bond donors (Lipinski definition) is 6. The molecule has 9 heteroatoms. The normalized spacial score (nSPS) is 23.5. The lowest BCUT2D eigenvalue weighted by molar-refractivity contribution is -0.302. The predicted octanol–water partition coefficient (Wildman–Crippen LogP) is 5.66. The SMILES string of the molecule is CCCCCCCCCCCCCCCC(=O)NC(COC1OC(CO)C(O)C(O)C1O)C(O)CCCCCCCCCC. The van der Waals surface area contributed by atoms with E-state index in [9.17, 15) is 30.3 Å². The molecule has 0 aromatic rings. The Hall–Kier alpha value is -0.810. The maximum absolute atomic E-state index is 12.8. The summed E-state index contributed by atoms with van der Waals surface area (Å²) in [6, 6.07) is -0.707. The second-order valence-corrected chi connectivity index (χ2v) is 13.0. The summed E-state index contributed by atoms with van der Waals surface area (Å²) in [4.78, 5) is 12.8. The lowest BCUT2D eigenvalue weighted by Crippen LogP contribution is -2.60. The van der Waals surface area contributed by atoms with Crippen molar-refractivity contribution >= 4 is 5.91 Å². The van der Waals surface area contributed by atoms with Crippen molar-refractivity contribution in [3.8, 4) is 0 Å². The number of carbonyl (C=O) groups is 1. The molecular weight excluding hydrogens is 562 g/mol. The van der Waals surface area contributed by atoms with Crippen LogP contribution in [0.3, 0.4) is 0 Å². The van der Waals surface area contributed by atoms with Crippen LogP contribution in [-0.2, 0) is 14.3 Å². The van der Waals surface area contributed by atoms with Gasteiger partial charge in [0, 0.05) is 6.42 Å². The molecule has 262 valence electrons. The number of unbranched alkanes of at least 4 members (excludes halogenated alkanes) is 19. The summed E-state index contributed by atoms with van der Waals surface area (Å²) in [7, 11) is 0. The smallest absolute Gasteiger partial charge is 0.220 e. The van der Waals surface area contributed by atoms with Gasteiger partial charge in [0.25, 0.3) is 0 Å². The molecule has 0 aliphatic carbocycles. The number of hydrogen-bond acceptors (Lipinski definition) is 8. The van der Waals surface area contributed by atoms with Crippen LogP contribution in [0.2, 0.25) is 0 Å². The van der Waals surface area contributed by atoms with Crippen molar-refractivity contribution < 1.29 is 39.8 Å². The van der Waals surface area contributed by atoms with Crippen LogP contribution in [0, 0.1) is 0 Å². The van der Waals surface area contributed by atoms with Crippen LogP contribution in [0.4, 0.5) is 0 Å². The fourth-order valence-corrected chi connectivity index (χ4v) is 5.92. The van der Waals surface area contributed by atoms with Crippen molar-refractivity contribution in [3.63, 3.8) is 0 Å². The van der Waals surface area contributed by atoms with Crippen LogP contribution < -0.4 is 5.32 Å². The Morgan fingerprint density at radius 2 is 1.14 bits per heavy atom. The van der Waals surface area contributed by atoms with Crippen LogP contribution in [0.25, 0.3) is 0 Å². The maximum atomic E-state index is 12.8. The summed E-state index contributed by atoms with van der Waals surface area (Å²) in [6.45, 7) is 3.77. The maximum Gasteiger partial charge on any atom is 0.220 e. The van der Waals surface area contributed by atoms with E-state index in [2.05, 4.69) is 19.2 Å². The van der Waals surface area contributed by atoms with Gasteiger partial charge in [0.05, 0.1) is 25.4 Å². The third-order valence-electron chi connectivity index (χ3n) is 8.96. The lowest BCUT2D eigenvalue weighted by Gasteiger charge is -2.40. The molecule has 0 aromatic carbocycles. The quantitative estimate of drug-likeness (QED) is 0.0580. The van der Waals surface area contributed by atoms with E-state index < -0.39 is 49.5 Å². The Bertz CT molecular complexity index is 667. The summed E-state index contributed by atoms with van der Waals surface area (Å²) < 4.78 is 11.2. The van der Waals surface area contributed by atoms with Gasteiger partial charge < -0.3 is 40.3 Å². The van der Waals surface area contributed by atoms with Gasteiger partial charge in [-0.15, -0.1) is 0 Å². The number of amides is 1. The van der Waals surface area contributed by atoms with E-state index in [4.69, 9.17) is 9.47 Å². The minimum absolute atomic E-state index is 0.134. The van der Waals surface area contributed by atoms with E-state index >= 15 is 0 Å². The first-order chi connectivity index (χ1) is 21.3. The third-order valence-corrected chi connectivity index (χ3v) is 8.96. The Balaban J connectivity index is 2.42. The molecule has 0 spiro atoms. The zero-order valence-electron chi connectivity index (χ0n) is 28.2. The van der Waals surface area contributed by atoms with Crippen LogP contribution in [0.1, 0.15) is 162 Å². The number of carbonyl (C=O) groups excluding carboxylic acids is 1. The first-order valence-corrected chi connectivity index (χ1v) is 18.2. The lowest BCUT2D eigenvalue weighted by atomic mass is 9.99. The average Bonchev–Trinajstić information content (AvgIpc) is 3.02. The molecule has 0 saturated carbocycles. The minimum atomic E-state index is -1.54. The fraction of sp³-hybridized carbons (Fsp3) is 0.971. The molecule has 7 atom stereocenters. The zero-order valence-corrected chi connectivity index (χ0v) is 28.2. The molecule has 1 aliphatic rings. The van der Waals surface area contributed by atoms with Crippen molar-refractivity contribution in [1.29, 1.82) is 0 Å². The molecule has 7 unspecified atom stereocenters. The second-order valence-electron chi connectivity index (χ2n) is 13.0. The highest BCUT2D eigenvalue weighted by Crippen LogP contribution is 2.23. The van der Waals surface area contributed by atoms with Gasteiger partial charge in [-0.05, 0) is 12.8 Å². The van der Waals surface area contributed by atoms with E-state index in [0.717, 1.165) is 38.5 Å². The van der Waals surface area contributed by atoms with Crippen molar-refractivity contribution in [2.24, 2.45) is 0 Å². The van der Waals surface area contributed by atoms with Gasteiger partial charge in [-0.25, -0.2) is 0 Å². The van der Waals surface area contributed by atoms with Crippen molar-refractivity contribution in [2.45, 2.75) is 204 Å². The van der Waals surface area contributed by atoms with Gasteiger partial charge in [0.2, 0.25) is 5.91 Å². The summed E-state index contributed by atoms with van der Waals surface area (Å²) in [6.07, 6.45) is 18.3. The van der Waals surface area contributed by atoms with Crippen LogP contribution in [0.15, 0.2) is 0 Å². The minimum Gasteiger partial charge on any atom is -0.394 e. The van der Waals surface area contributed by atoms with Gasteiger partial charge >= 0.3 is 0 Å². The number of aliphatic hydroxyl groups is 5. The third kappa shape index (κ3) is 19.0.